The van der Waals surface area contributed by atoms with Crippen molar-refractivity contribution in [3.8, 4) is 0 Å². The standard InChI is InChI=1S/C14H18BF3O2/c1-9-7-6-8-10(14(16,17)18)11(9)15-19-12(2,3)13(4,5)20-15/h6-8H,1-5H3. The van der Waals surface area contributed by atoms with Crippen LogP contribution < -0.4 is 5.46 Å². The Hall–Kier alpha value is -1.01. The molecule has 0 spiro atoms. The van der Waals surface area contributed by atoms with Crippen LogP contribution in [-0.4, -0.2) is 18.3 Å². The molecule has 0 bridgehead atoms. The third kappa shape index (κ3) is 2.47. The van der Waals surface area contributed by atoms with Gasteiger partial charge in [-0.3, -0.25) is 0 Å². The molecular formula is C14H18BF3O2. The van der Waals surface area contributed by atoms with Gasteiger partial charge in [-0.25, -0.2) is 0 Å². The van der Waals surface area contributed by atoms with E-state index >= 15 is 0 Å². The molecule has 0 saturated carbocycles. The van der Waals surface area contributed by atoms with E-state index in [4.69, 9.17) is 9.31 Å². The fourth-order valence-electron chi connectivity index (χ4n) is 2.20. The summed E-state index contributed by atoms with van der Waals surface area (Å²) in [6, 6.07) is 4.09. The van der Waals surface area contributed by atoms with Gasteiger partial charge in [0.15, 0.2) is 0 Å². The molecule has 0 unspecified atom stereocenters. The molecule has 1 heterocycles. The zero-order valence-corrected chi connectivity index (χ0v) is 12.3. The zero-order chi connectivity index (χ0) is 15.3. The lowest BCUT2D eigenvalue weighted by atomic mass is 9.73. The maximum Gasteiger partial charge on any atom is 0.495 e. The number of rotatable bonds is 1. The fourth-order valence-corrected chi connectivity index (χ4v) is 2.20. The highest BCUT2D eigenvalue weighted by atomic mass is 19.4. The van der Waals surface area contributed by atoms with Crippen LogP contribution in [0.15, 0.2) is 18.2 Å². The molecule has 2 rings (SSSR count). The molecular weight excluding hydrogens is 268 g/mol. The van der Waals surface area contributed by atoms with E-state index in [-0.39, 0.29) is 5.46 Å². The molecule has 0 atom stereocenters. The van der Waals surface area contributed by atoms with E-state index in [0.29, 0.717) is 5.56 Å². The van der Waals surface area contributed by atoms with Gasteiger partial charge >= 0.3 is 13.3 Å². The topological polar surface area (TPSA) is 18.5 Å². The molecule has 1 aromatic rings. The number of hydrogen-bond acceptors (Lipinski definition) is 2. The minimum absolute atomic E-state index is 0.0682. The first-order valence-electron chi connectivity index (χ1n) is 6.48. The summed E-state index contributed by atoms with van der Waals surface area (Å²) in [4.78, 5) is 0. The van der Waals surface area contributed by atoms with E-state index in [1.165, 1.54) is 6.07 Å². The Morgan fingerprint density at radius 2 is 1.50 bits per heavy atom. The lowest BCUT2D eigenvalue weighted by Crippen LogP contribution is -2.41. The average molecular weight is 286 g/mol. The van der Waals surface area contributed by atoms with Gasteiger partial charge in [-0.15, -0.1) is 0 Å². The van der Waals surface area contributed by atoms with Crippen molar-refractivity contribution < 1.29 is 22.5 Å². The number of halogens is 3. The minimum atomic E-state index is -4.43. The van der Waals surface area contributed by atoms with Crippen molar-refractivity contribution in [3.05, 3.63) is 29.3 Å². The summed E-state index contributed by atoms with van der Waals surface area (Å²) in [5.74, 6) is 0. The summed E-state index contributed by atoms with van der Waals surface area (Å²) in [5.41, 5.74) is -1.45. The second kappa shape index (κ2) is 4.50. The van der Waals surface area contributed by atoms with E-state index < -0.39 is 30.1 Å². The highest BCUT2D eigenvalue weighted by Gasteiger charge is 2.54. The number of benzene rings is 1. The Labute approximate surface area is 117 Å². The zero-order valence-electron chi connectivity index (χ0n) is 12.3. The lowest BCUT2D eigenvalue weighted by molar-refractivity contribution is -0.136. The van der Waals surface area contributed by atoms with Crippen molar-refractivity contribution in [1.82, 2.24) is 0 Å². The van der Waals surface area contributed by atoms with E-state index in [2.05, 4.69) is 0 Å². The molecule has 20 heavy (non-hydrogen) atoms. The summed E-state index contributed by atoms with van der Waals surface area (Å²) >= 11 is 0. The minimum Gasteiger partial charge on any atom is -0.399 e. The molecule has 1 aromatic carbocycles. The summed E-state index contributed by atoms with van der Waals surface area (Å²) < 4.78 is 51.0. The highest BCUT2D eigenvalue weighted by Crippen LogP contribution is 2.38. The third-order valence-corrected chi connectivity index (χ3v) is 4.12. The Morgan fingerprint density at radius 3 is 1.95 bits per heavy atom. The van der Waals surface area contributed by atoms with Gasteiger partial charge in [0.05, 0.1) is 16.8 Å². The summed E-state index contributed by atoms with van der Waals surface area (Å²) in [6.45, 7) is 8.91. The van der Waals surface area contributed by atoms with Crippen LogP contribution >= 0.6 is 0 Å². The second-order valence-corrected chi connectivity index (χ2v) is 6.12. The van der Waals surface area contributed by atoms with Crippen molar-refractivity contribution in [2.24, 2.45) is 0 Å². The third-order valence-electron chi connectivity index (χ3n) is 4.12. The molecule has 2 nitrogen and oxygen atoms in total. The molecule has 6 heteroatoms. The highest BCUT2D eigenvalue weighted by molar-refractivity contribution is 6.63. The maximum atomic E-state index is 13.2. The molecule has 1 aliphatic heterocycles. The van der Waals surface area contributed by atoms with Crippen LogP contribution in [0.1, 0.15) is 38.8 Å². The van der Waals surface area contributed by atoms with Crippen LogP contribution in [0.2, 0.25) is 0 Å². The van der Waals surface area contributed by atoms with Gasteiger partial charge in [-0.05, 0) is 40.1 Å². The predicted molar refractivity (Wildman–Crippen MR) is 71.9 cm³/mol. The monoisotopic (exact) mass is 286 g/mol. The molecule has 0 radical (unpaired) electrons. The van der Waals surface area contributed by atoms with Crippen LogP contribution in [0.4, 0.5) is 13.2 Å². The van der Waals surface area contributed by atoms with Crippen LogP contribution in [-0.2, 0) is 15.5 Å². The molecule has 0 N–H and O–H groups in total. The number of hydrogen-bond donors (Lipinski definition) is 0. The van der Waals surface area contributed by atoms with Crippen LogP contribution in [0.3, 0.4) is 0 Å². The molecule has 1 fully saturated rings. The first kappa shape index (κ1) is 15.4. The summed E-state index contributed by atoms with van der Waals surface area (Å²) in [7, 11) is -1.00. The van der Waals surface area contributed by atoms with Crippen LogP contribution in [0, 0.1) is 6.92 Å². The first-order valence-corrected chi connectivity index (χ1v) is 6.48. The molecule has 0 aromatic heterocycles. The maximum absolute atomic E-state index is 13.2. The molecule has 1 aliphatic rings. The second-order valence-electron chi connectivity index (χ2n) is 6.12. The van der Waals surface area contributed by atoms with Crippen LogP contribution in [0.5, 0.6) is 0 Å². The lowest BCUT2D eigenvalue weighted by Gasteiger charge is -2.32. The van der Waals surface area contributed by atoms with Crippen molar-refractivity contribution in [2.75, 3.05) is 0 Å². The average Bonchev–Trinajstić information content (AvgIpc) is 2.46. The molecule has 0 amide bonds. The Morgan fingerprint density at radius 1 is 1.00 bits per heavy atom. The van der Waals surface area contributed by atoms with Gasteiger partial charge < -0.3 is 9.31 Å². The van der Waals surface area contributed by atoms with Crippen LogP contribution in [0.25, 0.3) is 0 Å². The summed E-state index contributed by atoms with van der Waals surface area (Å²) in [6.07, 6.45) is -4.43. The van der Waals surface area contributed by atoms with Gasteiger partial charge in [0, 0.05) is 0 Å². The Bertz CT molecular complexity index is 508. The van der Waals surface area contributed by atoms with Gasteiger partial charge in [0.25, 0.3) is 0 Å². The number of aryl methyl sites for hydroxylation is 1. The molecule has 110 valence electrons. The van der Waals surface area contributed by atoms with Gasteiger partial charge in [-0.1, -0.05) is 23.8 Å². The largest absolute Gasteiger partial charge is 0.495 e. The van der Waals surface area contributed by atoms with Crippen molar-refractivity contribution in [1.29, 1.82) is 0 Å². The predicted octanol–water partition coefficient (Wildman–Crippen LogP) is 3.31. The molecule has 1 saturated heterocycles. The van der Waals surface area contributed by atoms with Crippen molar-refractivity contribution >= 4 is 12.6 Å². The fraction of sp³-hybridized carbons (Fsp3) is 0.571. The van der Waals surface area contributed by atoms with E-state index in [9.17, 15) is 13.2 Å². The Kier molecular flexibility index (Phi) is 3.46. The van der Waals surface area contributed by atoms with Gasteiger partial charge in [0.1, 0.15) is 0 Å². The summed E-state index contributed by atoms with van der Waals surface area (Å²) in [5, 5.41) is 0. The van der Waals surface area contributed by atoms with E-state index in [1.54, 1.807) is 13.0 Å². The number of alkyl halides is 3. The molecule has 0 aliphatic carbocycles. The Balaban J connectivity index is 2.50. The SMILES string of the molecule is Cc1cccc(C(F)(F)F)c1B1OC(C)(C)C(C)(C)O1. The van der Waals surface area contributed by atoms with E-state index in [0.717, 1.165) is 6.07 Å². The van der Waals surface area contributed by atoms with Crippen molar-refractivity contribution in [2.45, 2.75) is 52.0 Å². The van der Waals surface area contributed by atoms with E-state index in [1.807, 2.05) is 27.7 Å². The van der Waals surface area contributed by atoms with Crippen molar-refractivity contribution in [3.63, 3.8) is 0 Å². The first-order chi connectivity index (χ1) is 8.96. The smallest absolute Gasteiger partial charge is 0.399 e. The quantitative estimate of drug-likeness (QED) is 0.737. The van der Waals surface area contributed by atoms with Gasteiger partial charge in [-0.2, -0.15) is 13.2 Å². The normalized spacial score (nSPS) is 21.3. The van der Waals surface area contributed by atoms with Gasteiger partial charge in [0.2, 0.25) is 0 Å².